The maximum atomic E-state index is 10.5. The van der Waals surface area contributed by atoms with Crippen molar-refractivity contribution in [3.05, 3.63) is 11.6 Å². The van der Waals surface area contributed by atoms with E-state index in [1.54, 1.807) is 0 Å². The van der Waals surface area contributed by atoms with Gasteiger partial charge in [0.05, 0.1) is 0 Å². The summed E-state index contributed by atoms with van der Waals surface area (Å²) in [4.78, 5) is 15.2. The van der Waals surface area contributed by atoms with E-state index in [1.165, 1.54) is 6.08 Å². The van der Waals surface area contributed by atoms with Crippen LogP contribution in [-0.4, -0.2) is 59.6 Å². The fourth-order valence-electron chi connectivity index (χ4n) is 2.25. The summed E-state index contributed by atoms with van der Waals surface area (Å²) in [7, 11) is 2.15. The standard InChI is InChI=1S/C12H22N2O2/c1-9(5-12(15)16)6-14-7-10(2)13(4)11(3)8-14/h5,10-11H,6-8H2,1-4H3,(H,15,16). The number of carboxylic acid groups (broad SMARTS) is 1. The monoisotopic (exact) mass is 226 g/mol. The molecule has 4 heteroatoms. The SMILES string of the molecule is CC(=CC(=O)O)CN1CC(C)N(C)C(C)C1. The van der Waals surface area contributed by atoms with E-state index in [1.807, 2.05) is 6.92 Å². The van der Waals surface area contributed by atoms with Crippen LogP contribution in [0.1, 0.15) is 20.8 Å². The van der Waals surface area contributed by atoms with Crippen molar-refractivity contribution in [1.29, 1.82) is 0 Å². The fraction of sp³-hybridized carbons (Fsp3) is 0.750. The molecule has 1 rings (SSSR count). The Balaban J connectivity index is 2.53. The number of hydrogen-bond donors (Lipinski definition) is 1. The van der Waals surface area contributed by atoms with E-state index in [4.69, 9.17) is 5.11 Å². The Morgan fingerprint density at radius 1 is 1.38 bits per heavy atom. The Labute approximate surface area is 97.5 Å². The molecule has 0 aliphatic carbocycles. The van der Waals surface area contributed by atoms with Gasteiger partial charge in [-0.3, -0.25) is 9.80 Å². The van der Waals surface area contributed by atoms with Crippen molar-refractivity contribution in [3.8, 4) is 0 Å². The minimum atomic E-state index is -0.854. The number of aliphatic carboxylic acids is 1. The fourth-order valence-corrected chi connectivity index (χ4v) is 2.25. The van der Waals surface area contributed by atoms with Crippen LogP contribution < -0.4 is 0 Å². The van der Waals surface area contributed by atoms with Crippen molar-refractivity contribution >= 4 is 5.97 Å². The van der Waals surface area contributed by atoms with Crippen LogP contribution in [0.5, 0.6) is 0 Å². The Kier molecular flexibility index (Phi) is 4.50. The lowest BCUT2D eigenvalue weighted by Crippen LogP contribution is -2.55. The van der Waals surface area contributed by atoms with Gasteiger partial charge in [0.15, 0.2) is 0 Å². The highest BCUT2D eigenvalue weighted by Gasteiger charge is 2.26. The lowest BCUT2D eigenvalue weighted by atomic mass is 10.1. The number of piperazine rings is 1. The Bertz CT molecular complexity index is 277. The van der Waals surface area contributed by atoms with Crippen molar-refractivity contribution in [2.75, 3.05) is 26.7 Å². The summed E-state index contributed by atoms with van der Waals surface area (Å²) in [5.41, 5.74) is 0.913. The smallest absolute Gasteiger partial charge is 0.328 e. The highest BCUT2D eigenvalue weighted by atomic mass is 16.4. The third-order valence-electron chi connectivity index (χ3n) is 3.28. The van der Waals surface area contributed by atoms with E-state index in [-0.39, 0.29) is 0 Å². The van der Waals surface area contributed by atoms with Crippen LogP contribution >= 0.6 is 0 Å². The first-order chi connectivity index (χ1) is 7.40. The molecule has 0 aromatic carbocycles. The molecule has 0 aromatic heterocycles. The molecule has 0 spiro atoms. The molecule has 1 fully saturated rings. The molecule has 2 unspecified atom stereocenters. The average molecular weight is 226 g/mol. The molecule has 1 aliphatic heterocycles. The summed E-state index contributed by atoms with van der Waals surface area (Å²) in [6.07, 6.45) is 1.30. The van der Waals surface area contributed by atoms with Crippen molar-refractivity contribution in [2.45, 2.75) is 32.9 Å². The zero-order valence-electron chi connectivity index (χ0n) is 10.6. The molecule has 1 heterocycles. The van der Waals surface area contributed by atoms with Gasteiger partial charge in [-0.2, -0.15) is 0 Å². The molecular weight excluding hydrogens is 204 g/mol. The second-order valence-corrected chi connectivity index (χ2v) is 4.89. The van der Waals surface area contributed by atoms with Crippen LogP contribution in [0.4, 0.5) is 0 Å². The normalized spacial score (nSPS) is 29.4. The van der Waals surface area contributed by atoms with Crippen LogP contribution in [0.15, 0.2) is 11.6 Å². The number of carbonyl (C=O) groups is 1. The van der Waals surface area contributed by atoms with Gasteiger partial charge < -0.3 is 5.11 Å². The van der Waals surface area contributed by atoms with Gasteiger partial charge in [0.25, 0.3) is 0 Å². The summed E-state index contributed by atoms with van der Waals surface area (Å²) in [5.74, 6) is -0.854. The Hall–Kier alpha value is -0.870. The second-order valence-electron chi connectivity index (χ2n) is 4.89. The Morgan fingerprint density at radius 3 is 2.31 bits per heavy atom. The molecule has 1 aliphatic rings. The third-order valence-corrected chi connectivity index (χ3v) is 3.28. The van der Waals surface area contributed by atoms with E-state index in [0.717, 1.165) is 25.2 Å². The lowest BCUT2D eigenvalue weighted by molar-refractivity contribution is -0.131. The number of likely N-dealkylation sites (N-methyl/N-ethyl adjacent to an activating group) is 1. The molecule has 1 N–H and O–H groups in total. The number of rotatable bonds is 3. The van der Waals surface area contributed by atoms with E-state index >= 15 is 0 Å². The molecule has 0 amide bonds. The minimum Gasteiger partial charge on any atom is -0.478 e. The molecule has 92 valence electrons. The minimum absolute atomic E-state index is 0.529. The molecule has 0 aromatic rings. The molecule has 16 heavy (non-hydrogen) atoms. The van der Waals surface area contributed by atoms with Gasteiger partial charge in [-0.1, -0.05) is 5.57 Å². The van der Waals surface area contributed by atoms with Crippen molar-refractivity contribution < 1.29 is 9.90 Å². The van der Waals surface area contributed by atoms with E-state index in [9.17, 15) is 4.79 Å². The van der Waals surface area contributed by atoms with Gasteiger partial charge in [0, 0.05) is 37.8 Å². The molecule has 0 saturated carbocycles. The maximum Gasteiger partial charge on any atom is 0.328 e. The molecule has 1 saturated heterocycles. The Morgan fingerprint density at radius 2 is 1.88 bits per heavy atom. The molecule has 0 radical (unpaired) electrons. The zero-order chi connectivity index (χ0) is 12.3. The highest BCUT2D eigenvalue weighted by molar-refractivity contribution is 5.80. The van der Waals surface area contributed by atoms with Crippen molar-refractivity contribution in [3.63, 3.8) is 0 Å². The quantitative estimate of drug-likeness (QED) is 0.730. The van der Waals surface area contributed by atoms with Crippen molar-refractivity contribution in [2.24, 2.45) is 0 Å². The first-order valence-electron chi connectivity index (χ1n) is 5.74. The van der Waals surface area contributed by atoms with Gasteiger partial charge in [0.2, 0.25) is 0 Å². The van der Waals surface area contributed by atoms with Crippen LogP contribution in [0.3, 0.4) is 0 Å². The average Bonchev–Trinajstić information content (AvgIpc) is 2.12. The topological polar surface area (TPSA) is 43.8 Å². The third kappa shape index (κ3) is 3.61. The number of hydrogen-bond acceptors (Lipinski definition) is 3. The van der Waals surface area contributed by atoms with Crippen LogP contribution in [0.25, 0.3) is 0 Å². The van der Waals surface area contributed by atoms with Gasteiger partial charge in [-0.25, -0.2) is 4.79 Å². The van der Waals surface area contributed by atoms with Crippen LogP contribution in [0.2, 0.25) is 0 Å². The molecule has 0 bridgehead atoms. The van der Waals surface area contributed by atoms with Crippen molar-refractivity contribution in [1.82, 2.24) is 9.80 Å². The highest BCUT2D eigenvalue weighted by Crippen LogP contribution is 2.14. The van der Waals surface area contributed by atoms with Gasteiger partial charge in [0.1, 0.15) is 0 Å². The van der Waals surface area contributed by atoms with E-state index in [2.05, 4.69) is 30.7 Å². The van der Waals surface area contributed by atoms with Gasteiger partial charge in [-0.15, -0.1) is 0 Å². The molecule has 4 nitrogen and oxygen atoms in total. The first kappa shape index (κ1) is 13.2. The summed E-state index contributed by atoms with van der Waals surface area (Å²) in [5, 5.41) is 8.66. The number of carboxylic acids is 1. The first-order valence-corrected chi connectivity index (χ1v) is 5.74. The predicted molar refractivity (Wildman–Crippen MR) is 64.5 cm³/mol. The lowest BCUT2D eigenvalue weighted by Gasteiger charge is -2.42. The largest absolute Gasteiger partial charge is 0.478 e. The summed E-state index contributed by atoms with van der Waals surface area (Å²) in [6, 6.07) is 1.06. The predicted octanol–water partition coefficient (Wildman–Crippen LogP) is 1.04. The summed E-state index contributed by atoms with van der Waals surface area (Å²) in [6.45, 7) is 9.06. The summed E-state index contributed by atoms with van der Waals surface area (Å²) >= 11 is 0. The van der Waals surface area contributed by atoms with Gasteiger partial charge in [-0.05, 0) is 27.8 Å². The molecule has 2 atom stereocenters. The van der Waals surface area contributed by atoms with E-state index in [0.29, 0.717) is 12.1 Å². The summed E-state index contributed by atoms with van der Waals surface area (Å²) < 4.78 is 0. The maximum absolute atomic E-state index is 10.5. The zero-order valence-corrected chi connectivity index (χ0v) is 10.6. The number of nitrogens with zero attached hydrogens (tertiary/aromatic N) is 2. The second kappa shape index (κ2) is 5.46. The van der Waals surface area contributed by atoms with E-state index < -0.39 is 5.97 Å². The van der Waals surface area contributed by atoms with Crippen LogP contribution in [-0.2, 0) is 4.79 Å². The van der Waals surface area contributed by atoms with Gasteiger partial charge >= 0.3 is 5.97 Å². The van der Waals surface area contributed by atoms with Crippen LogP contribution in [0, 0.1) is 0 Å². The molecular formula is C12H22N2O2.